The molecule has 0 N–H and O–H groups in total. The molecule has 2 aliphatic rings. The molecule has 0 aliphatic carbocycles. The van der Waals surface area contributed by atoms with E-state index in [2.05, 4.69) is 22.6 Å². The minimum Gasteiger partial charge on any atom is -0.489 e. The lowest BCUT2D eigenvalue weighted by molar-refractivity contribution is -0.172. The highest BCUT2D eigenvalue weighted by molar-refractivity contribution is 14.1. The summed E-state index contributed by atoms with van der Waals surface area (Å²) in [6.07, 6.45) is 2.30. The Morgan fingerprint density at radius 3 is 1.55 bits per heavy atom. The molecule has 2 aromatic rings. The number of unbranched alkanes of at least 4 members (excludes halogenated alkanes) is 3. The standard InChI is InChI=1S/C47H66IN5O13/c1-7-10-29-61-44(58)50-23-21-49(22-24-51(45(59)62-30-11-8-2)26-28-52(27-25-50)46(60)63-31-12-9-3)41(43(57)65-47(4,5)6)37-32-35(42(56)66-53-39(54)19-20-40(53)55)15-18-38(37)64-33-34-13-16-36(48)17-14-34/h13-18,32,41H,7-12,19-31,33H2,1-6H3. The maximum absolute atomic E-state index is 14.8. The maximum atomic E-state index is 14.8. The van der Waals surface area contributed by atoms with E-state index in [0.717, 1.165) is 28.4 Å². The molecular weight excluding hydrogens is 969 g/mol. The first-order valence-electron chi connectivity index (χ1n) is 22.9. The van der Waals surface area contributed by atoms with E-state index < -0.39 is 53.7 Å². The van der Waals surface area contributed by atoms with Gasteiger partial charge in [0.25, 0.3) is 11.8 Å². The van der Waals surface area contributed by atoms with Crippen molar-refractivity contribution in [1.29, 1.82) is 0 Å². The second kappa shape index (κ2) is 26.8. The summed E-state index contributed by atoms with van der Waals surface area (Å²) in [6.45, 7) is 11.8. The Kier molecular flexibility index (Phi) is 21.7. The van der Waals surface area contributed by atoms with E-state index in [1.807, 2.05) is 45.0 Å². The molecule has 0 saturated carbocycles. The van der Waals surface area contributed by atoms with Gasteiger partial charge in [0.05, 0.1) is 25.4 Å². The van der Waals surface area contributed by atoms with Gasteiger partial charge in [0.1, 0.15) is 24.0 Å². The van der Waals surface area contributed by atoms with Crippen molar-refractivity contribution in [2.45, 2.75) is 111 Å². The topological polar surface area (TPSA) is 191 Å². The molecule has 2 saturated heterocycles. The molecule has 19 heteroatoms. The Labute approximate surface area is 401 Å². The van der Waals surface area contributed by atoms with Gasteiger partial charge in [-0.1, -0.05) is 52.2 Å². The minimum atomic E-state index is -1.34. The number of halogens is 1. The lowest BCUT2D eigenvalue weighted by Crippen LogP contribution is -2.51. The van der Waals surface area contributed by atoms with Crippen LogP contribution in [0, 0.1) is 3.57 Å². The number of hydroxylamine groups is 2. The van der Waals surface area contributed by atoms with Crippen molar-refractivity contribution in [3.8, 4) is 5.75 Å². The van der Waals surface area contributed by atoms with Crippen LogP contribution in [0.15, 0.2) is 42.5 Å². The van der Waals surface area contributed by atoms with E-state index in [4.69, 9.17) is 28.5 Å². The van der Waals surface area contributed by atoms with Crippen molar-refractivity contribution < 1.29 is 62.1 Å². The lowest BCUT2D eigenvalue weighted by atomic mass is 10.00. The smallest absolute Gasteiger partial charge is 0.409 e. The third-order valence-corrected chi connectivity index (χ3v) is 11.3. The largest absolute Gasteiger partial charge is 0.489 e. The first-order chi connectivity index (χ1) is 31.5. The van der Waals surface area contributed by atoms with Gasteiger partial charge in [-0.05, 0) is 98.5 Å². The number of esters is 1. The number of hydrogen-bond donors (Lipinski definition) is 0. The average molecular weight is 1040 g/mol. The number of amides is 5. The van der Waals surface area contributed by atoms with Gasteiger partial charge in [0.15, 0.2) is 0 Å². The third-order valence-electron chi connectivity index (χ3n) is 10.6. The first kappa shape index (κ1) is 53.4. The van der Waals surface area contributed by atoms with Crippen LogP contribution in [-0.2, 0) is 44.8 Å². The molecule has 18 nitrogen and oxygen atoms in total. The molecule has 66 heavy (non-hydrogen) atoms. The molecule has 2 aliphatic heterocycles. The summed E-state index contributed by atoms with van der Waals surface area (Å²) >= 11 is 2.20. The van der Waals surface area contributed by atoms with Crippen molar-refractivity contribution >= 4 is 64.6 Å². The second-order valence-electron chi connectivity index (χ2n) is 17.0. The van der Waals surface area contributed by atoms with E-state index in [1.165, 1.54) is 32.9 Å². The highest BCUT2D eigenvalue weighted by Gasteiger charge is 2.38. The maximum Gasteiger partial charge on any atom is 0.409 e. The Bertz CT molecular complexity index is 1910. The number of rotatable bonds is 17. The molecule has 5 amide bonds. The Morgan fingerprint density at radius 1 is 0.652 bits per heavy atom. The normalized spacial score (nSPS) is 15.9. The molecule has 0 aromatic heterocycles. The fourth-order valence-electron chi connectivity index (χ4n) is 6.81. The summed E-state index contributed by atoms with van der Waals surface area (Å²) < 4.78 is 30.4. The van der Waals surface area contributed by atoms with Gasteiger partial charge in [-0.2, -0.15) is 0 Å². The van der Waals surface area contributed by atoms with Crippen LogP contribution in [-0.4, -0.2) is 144 Å². The van der Waals surface area contributed by atoms with E-state index in [0.29, 0.717) is 24.3 Å². The summed E-state index contributed by atoms with van der Waals surface area (Å²) in [5.41, 5.74) is -0.120. The van der Waals surface area contributed by atoms with Crippen LogP contribution < -0.4 is 4.74 Å². The van der Waals surface area contributed by atoms with E-state index >= 15 is 0 Å². The van der Waals surface area contributed by atoms with Crippen LogP contribution in [0.25, 0.3) is 0 Å². The monoisotopic (exact) mass is 1040 g/mol. The number of imide groups is 1. The fourth-order valence-corrected chi connectivity index (χ4v) is 7.17. The van der Waals surface area contributed by atoms with Gasteiger partial charge < -0.3 is 43.2 Å². The Hall–Kier alpha value is -5.18. The van der Waals surface area contributed by atoms with Crippen LogP contribution >= 0.6 is 22.6 Å². The molecule has 0 radical (unpaired) electrons. The first-order valence-corrected chi connectivity index (χ1v) is 23.9. The van der Waals surface area contributed by atoms with Gasteiger partial charge in [-0.3, -0.25) is 14.5 Å². The summed E-state index contributed by atoms with van der Waals surface area (Å²) in [6, 6.07) is 10.6. The van der Waals surface area contributed by atoms with E-state index in [1.54, 1.807) is 25.7 Å². The fraction of sp³-hybridized carbons (Fsp3) is 0.596. The molecule has 1 unspecified atom stereocenters. The van der Waals surface area contributed by atoms with E-state index in [9.17, 15) is 33.6 Å². The number of benzene rings is 2. The number of nitrogens with zero attached hydrogens (tertiary/aromatic N) is 5. The molecule has 0 bridgehead atoms. The summed E-state index contributed by atoms with van der Waals surface area (Å²) in [4.78, 5) is 106. The molecular formula is C47H66IN5O13. The van der Waals surface area contributed by atoms with Crippen LogP contribution in [0.1, 0.15) is 120 Å². The quantitative estimate of drug-likeness (QED) is 0.0497. The highest BCUT2D eigenvalue weighted by atomic mass is 127. The number of ether oxygens (including phenoxy) is 5. The molecule has 2 aromatic carbocycles. The van der Waals surface area contributed by atoms with Gasteiger partial charge in [0, 0.05) is 74.3 Å². The second-order valence-corrected chi connectivity index (χ2v) is 18.2. The Balaban J connectivity index is 1.85. The van der Waals surface area contributed by atoms with Gasteiger partial charge in [0.2, 0.25) is 0 Å². The van der Waals surface area contributed by atoms with Crippen LogP contribution in [0.4, 0.5) is 14.4 Å². The van der Waals surface area contributed by atoms with Crippen molar-refractivity contribution in [2.75, 3.05) is 72.2 Å². The van der Waals surface area contributed by atoms with Crippen molar-refractivity contribution in [3.63, 3.8) is 0 Å². The summed E-state index contributed by atoms with van der Waals surface area (Å²) in [5, 5.41) is 0.444. The predicted octanol–water partition coefficient (Wildman–Crippen LogP) is 7.51. The van der Waals surface area contributed by atoms with Gasteiger partial charge >= 0.3 is 30.2 Å². The highest BCUT2D eigenvalue weighted by Crippen LogP contribution is 2.34. The summed E-state index contributed by atoms with van der Waals surface area (Å²) in [5.74, 6) is -2.89. The molecule has 4 rings (SSSR count). The molecule has 2 heterocycles. The molecule has 2 fully saturated rings. The zero-order valence-electron chi connectivity index (χ0n) is 39.2. The third kappa shape index (κ3) is 16.9. The van der Waals surface area contributed by atoms with Crippen LogP contribution in [0.2, 0.25) is 0 Å². The predicted molar refractivity (Wildman–Crippen MR) is 250 cm³/mol. The zero-order valence-corrected chi connectivity index (χ0v) is 41.3. The molecule has 364 valence electrons. The van der Waals surface area contributed by atoms with Crippen molar-refractivity contribution in [2.24, 2.45) is 0 Å². The summed E-state index contributed by atoms with van der Waals surface area (Å²) in [7, 11) is 0. The minimum absolute atomic E-state index is 0.00548. The number of carbonyl (C=O) groups excluding carboxylic acids is 7. The van der Waals surface area contributed by atoms with Crippen molar-refractivity contribution in [3.05, 3.63) is 62.7 Å². The lowest BCUT2D eigenvalue weighted by Gasteiger charge is -2.37. The number of carbonyl (C=O) groups is 7. The number of hydrogen-bond acceptors (Lipinski definition) is 14. The SMILES string of the molecule is CCCCOC(=O)N1CCN(C(=O)OCCCC)CCN(C(C(=O)OC(C)(C)C)c2cc(C(=O)ON3C(=O)CCC3=O)ccc2OCc2ccc(I)cc2)CCN(C(=O)OCCCC)CC1. The van der Waals surface area contributed by atoms with E-state index in [-0.39, 0.29) is 109 Å². The molecule has 0 spiro atoms. The molecule has 1 atom stereocenters. The van der Waals surface area contributed by atoms with Crippen molar-refractivity contribution in [1.82, 2.24) is 24.7 Å². The van der Waals surface area contributed by atoms with Gasteiger partial charge in [-0.25, -0.2) is 24.0 Å². The zero-order chi connectivity index (χ0) is 48.2. The van der Waals surface area contributed by atoms with Gasteiger partial charge in [-0.15, -0.1) is 5.06 Å². The van der Waals surface area contributed by atoms with Crippen LogP contribution in [0.3, 0.4) is 0 Å². The Morgan fingerprint density at radius 2 is 1.11 bits per heavy atom. The van der Waals surface area contributed by atoms with Crippen LogP contribution in [0.5, 0.6) is 5.75 Å². The average Bonchev–Trinajstić information content (AvgIpc) is 3.59.